The van der Waals surface area contributed by atoms with Crippen LogP contribution in [0.15, 0.2) is 24.3 Å². The van der Waals surface area contributed by atoms with Crippen molar-refractivity contribution in [2.75, 3.05) is 32.8 Å². The number of nitrogens with two attached hydrogens (primary N) is 1. The number of likely N-dealkylation sites (tertiary alicyclic amines) is 1. The number of halogens is 1. The van der Waals surface area contributed by atoms with E-state index < -0.39 is 0 Å². The van der Waals surface area contributed by atoms with Gasteiger partial charge in [0.2, 0.25) is 0 Å². The summed E-state index contributed by atoms with van der Waals surface area (Å²) in [5.41, 5.74) is 6.21. The van der Waals surface area contributed by atoms with E-state index in [0.29, 0.717) is 6.54 Å². The molecule has 2 aliphatic rings. The van der Waals surface area contributed by atoms with Crippen LogP contribution in [-0.2, 0) is 4.74 Å². The van der Waals surface area contributed by atoms with E-state index in [0.717, 1.165) is 62.8 Å². The molecule has 3 rings (SSSR count). The third kappa shape index (κ3) is 6.17. The number of amides is 1. The predicted molar refractivity (Wildman–Crippen MR) is 100 cm³/mol. The van der Waals surface area contributed by atoms with Gasteiger partial charge < -0.3 is 20.1 Å². The molecule has 1 aliphatic carbocycles. The molecule has 1 aromatic rings. The molecule has 1 heterocycles. The smallest absolute Gasteiger partial charge is 0.253 e. The highest BCUT2D eigenvalue weighted by atomic mass is 35.5. The van der Waals surface area contributed by atoms with Crippen molar-refractivity contribution in [3.8, 4) is 5.75 Å². The number of ether oxygens (including phenoxy) is 2. The second-order valence-corrected chi connectivity index (χ2v) is 6.78. The summed E-state index contributed by atoms with van der Waals surface area (Å²) in [5, 5.41) is 0. The Morgan fingerprint density at radius 1 is 1.12 bits per heavy atom. The maximum atomic E-state index is 12.6. The van der Waals surface area contributed by atoms with Crippen LogP contribution in [0.2, 0.25) is 0 Å². The second kappa shape index (κ2) is 10.00. The molecule has 6 heteroatoms. The molecule has 0 unspecified atom stereocenters. The largest absolute Gasteiger partial charge is 0.493 e. The molecule has 25 heavy (non-hydrogen) atoms. The number of rotatable bonds is 8. The van der Waals surface area contributed by atoms with Crippen LogP contribution in [0.4, 0.5) is 0 Å². The van der Waals surface area contributed by atoms with Gasteiger partial charge in [0.05, 0.1) is 12.7 Å². The first-order valence-corrected chi connectivity index (χ1v) is 9.10. The summed E-state index contributed by atoms with van der Waals surface area (Å²) in [6.07, 6.45) is 5.52. The standard InChI is InChI=1S/C19H28N2O3.ClH/c20-10-1-13-23-18-8-11-21(12-9-18)19(22)16-4-6-17(7-5-16)24-14-15-2-3-15;/h4-7,15,18H,1-3,8-14,20H2;1H. The van der Waals surface area contributed by atoms with E-state index in [1.807, 2.05) is 29.2 Å². The lowest BCUT2D eigenvalue weighted by Crippen LogP contribution is -2.41. The Kier molecular flexibility index (Phi) is 8.00. The van der Waals surface area contributed by atoms with Crippen molar-refractivity contribution in [3.05, 3.63) is 29.8 Å². The van der Waals surface area contributed by atoms with E-state index in [2.05, 4.69) is 0 Å². The van der Waals surface area contributed by atoms with Crippen LogP contribution in [0.5, 0.6) is 5.75 Å². The Balaban J connectivity index is 0.00000225. The van der Waals surface area contributed by atoms with Gasteiger partial charge in [-0.05, 0) is 68.8 Å². The molecule has 2 N–H and O–H groups in total. The minimum absolute atomic E-state index is 0. The van der Waals surface area contributed by atoms with Gasteiger partial charge in [-0.3, -0.25) is 4.79 Å². The van der Waals surface area contributed by atoms with Crippen molar-refractivity contribution in [1.82, 2.24) is 4.90 Å². The van der Waals surface area contributed by atoms with E-state index in [-0.39, 0.29) is 24.4 Å². The van der Waals surface area contributed by atoms with Crippen molar-refractivity contribution in [2.24, 2.45) is 11.7 Å². The van der Waals surface area contributed by atoms with Crippen molar-refractivity contribution < 1.29 is 14.3 Å². The van der Waals surface area contributed by atoms with E-state index in [9.17, 15) is 4.79 Å². The molecule has 5 nitrogen and oxygen atoms in total. The van der Waals surface area contributed by atoms with Gasteiger partial charge in [-0.2, -0.15) is 0 Å². The quantitative estimate of drug-likeness (QED) is 0.716. The molecule has 0 atom stereocenters. The van der Waals surface area contributed by atoms with Crippen LogP contribution in [0.25, 0.3) is 0 Å². The Morgan fingerprint density at radius 2 is 1.80 bits per heavy atom. The maximum Gasteiger partial charge on any atom is 0.253 e. The zero-order chi connectivity index (χ0) is 16.8. The van der Waals surface area contributed by atoms with Gasteiger partial charge in [0.25, 0.3) is 5.91 Å². The maximum absolute atomic E-state index is 12.6. The number of carbonyl (C=O) groups is 1. The van der Waals surface area contributed by atoms with E-state index in [1.165, 1.54) is 12.8 Å². The van der Waals surface area contributed by atoms with E-state index in [4.69, 9.17) is 15.2 Å². The number of nitrogens with zero attached hydrogens (tertiary/aromatic N) is 1. The zero-order valence-corrected chi connectivity index (χ0v) is 15.5. The molecule has 1 amide bonds. The SMILES string of the molecule is Cl.NCCCOC1CCN(C(=O)c2ccc(OCC3CC3)cc2)CC1. The molecule has 140 valence electrons. The molecule has 1 aromatic carbocycles. The molecule has 0 aromatic heterocycles. The Morgan fingerprint density at radius 3 is 2.40 bits per heavy atom. The van der Waals surface area contributed by atoms with Crippen LogP contribution >= 0.6 is 12.4 Å². The van der Waals surface area contributed by atoms with Gasteiger partial charge in [0, 0.05) is 25.3 Å². The zero-order valence-electron chi connectivity index (χ0n) is 14.7. The van der Waals surface area contributed by atoms with Gasteiger partial charge in [-0.1, -0.05) is 0 Å². The summed E-state index contributed by atoms with van der Waals surface area (Å²) in [6, 6.07) is 7.54. The van der Waals surface area contributed by atoms with Gasteiger partial charge in [0.15, 0.2) is 0 Å². The number of hydrogen-bond donors (Lipinski definition) is 1. The van der Waals surface area contributed by atoms with E-state index in [1.54, 1.807) is 0 Å². The van der Waals surface area contributed by atoms with Crippen molar-refractivity contribution in [1.29, 1.82) is 0 Å². The summed E-state index contributed by atoms with van der Waals surface area (Å²) < 4.78 is 11.5. The summed E-state index contributed by atoms with van der Waals surface area (Å²) in [5.74, 6) is 1.69. The summed E-state index contributed by atoms with van der Waals surface area (Å²) in [6.45, 7) is 3.69. The number of carbonyl (C=O) groups excluding carboxylic acids is 1. The lowest BCUT2D eigenvalue weighted by molar-refractivity contribution is 0.00844. The first-order chi connectivity index (χ1) is 11.8. The first-order valence-electron chi connectivity index (χ1n) is 9.10. The fourth-order valence-corrected chi connectivity index (χ4v) is 2.93. The van der Waals surface area contributed by atoms with Gasteiger partial charge in [-0.15, -0.1) is 12.4 Å². The lowest BCUT2D eigenvalue weighted by atomic mass is 10.1. The first kappa shape index (κ1) is 20.0. The number of piperidine rings is 1. The summed E-state index contributed by atoms with van der Waals surface area (Å²) in [7, 11) is 0. The molecule has 0 spiro atoms. The van der Waals surface area contributed by atoms with Crippen LogP contribution < -0.4 is 10.5 Å². The highest BCUT2D eigenvalue weighted by Gasteiger charge is 2.24. The molecular formula is C19H29ClN2O3. The summed E-state index contributed by atoms with van der Waals surface area (Å²) >= 11 is 0. The number of benzene rings is 1. The normalized spacial score (nSPS) is 17.9. The van der Waals surface area contributed by atoms with Crippen molar-refractivity contribution in [2.45, 2.75) is 38.2 Å². The Labute approximate surface area is 156 Å². The minimum Gasteiger partial charge on any atom is -0.493 e. The highest BCUT2D eigenvalue weighted by Crippen LogP contribution is 2.29. The van der Waals surface area contributed by atoms with Crippen LogP contribution in [0, 0.1) is 5.92 Å². The number of hydrogen-bond acceptors (Lipinski definition) is 4. The average Bonchev–Trinajstić information content (AvgIpc) is 3.45. The molecule has 1 saturated heterocycles. The molecule has 1 saturated carbocycles. The Bertz CT molecular complexity index is 526. The monoisotopic (exact) mass is 368 g/mol. The van der Waals surface area contributed by atoms with Crippen LogP contribution in [0.3, 0.4) is 0 Å². The minimum atomic E-state index is 0. The lowest BCUT2D eigenvalue weighted by Gasteiger charge is -2.32. The van der Waals surface area contributed by atoms with Crippen LogP contribution in [-0.4, -0.2) is 49.8 Å². The molecule has 0 radical (unpaired) electrons. The van der Waals surface area contributed by atoms with Crippen LogP contribution in [0.1, 0.15) is 42.5 Å². The van der Waals surface area contributed by atoms with E-state index >= 15 is 0 Å². The molecule has 1 aliphatic heterocycles. The highest BCUT2D eigenvalue weighted by molar-refractivity contribution is 5.94. The topological polar surface area (TPSA) is 64.8 Å². The van der Waals surface area contributed by atoms with Gasteiger partial charge in [-0.25, -0.2) is 0 Å². The fraction of sp³-hybridized carbons (Fsp3) is 0.632. The molecule has 2 fully saturated rings. The third-order valence-corrected chi connectivity index (χ3v) is 4.72. The fourth-order valence-electron chi connectivity index (χ4n) is 2.93. The van der Waals surface area contributed by atoms with Crippen molar-refractivity contribution >= 4 is 18.3 Å². The predicted octanol–water partition coefficient (Wildman–Crippen LogP) is 2.87. The van der Waals surface area contributed by atoms with Gasteiger partial charge >= 0.3 is 0 Å². The summed E-state index contributed by atoms with van der Waals surface area (Å²) in [4.78, 5) is 14.5. The Hall–Kier alpha value is -1.30. The van der Waals surface area contributed by atoms with Crippen molar-refractivity contribution in [3.63, 3.8) is 0 Å². The average molecular weight is 369 g/mol. The molecular weight excluding hydrogens is 340 g/mol. The second-order valence-electron chi connectivity index (χ2n) is 6.78. The third-order valence-electron chi connectivity index (χ3n) is 4.72. The molecule has 0 bridgehead atoms. The van der Waals surface area contributed by atoms with Gasteiger partial charge in [0.1, 0.15) is 5.75 Å².